The monoisotopic (exact) mass is 448 g/mol. The van der Waals surface area contributed by atoms with Gasteiger partial charge in [-0.15, -0.1) is 0 Å². The molecule has 1 fully saturated rings. The Morgan fingerprint density at radius 3 is 2.91 bits per heavy atom. The van der Waals surface area contributed by atoms with E-state index in [9.17, 15) is 9.18 Å². The smallest absolute Gasteiger partial charge is 0.253 e. The molecule has 3 aliphatic rings. The van der Waals surface area contributed by atoms with Crippen LogP contribution in [0.2, 0.25) is 0 Å². The molecule has 33 heavy (non-hydrogen) atoms. The lowest BCUT2D eigenvalue weighted by Crippen LogP contribution is -2.41. The molecule has 1 amide bonds. The lowest BCUT2D eigenvalue weighted by molar-refractivity contribution is 0.0785. The predicted molar refractivity (Wildman–Crippen MR) is 127 cm³/mol. The molecular formula is C28H33FN2O2. The Morgan fingerprint density at radius 2 is 2.12 bits per heavy atom. The maximum atomic E-state index is 13.9. The van der Waals surface area contributed by atoms with Gasteiger partial charge in [0, 0.05) is 32.0 Å². The lowest BCUT2D eigenvalue weighted by Gasteiger charge is -2.50. The summed E-state index contributed by atoms with van der Waals surface area (Å²) >= 11 is 0. The van der Waals surface area contributed by atoms with Gasteiger partial charge in [-0.25, -0.2) is 4.39 Å². The first-order valence-electron chi connectivity index (χ1n) is 12.2. The molecule has 2 aromatic rings. The highest BCUT2D eigenvalue weighted by Crippen LogP contribution is 2.63. The molecule has 4 atom stereocenters. The zero-order valence-electron chi connectivity index (χ0n) is 19.6. The van der Waals surface area contributed by atoms with Crippen LogP contribution >= 0.6 is 0 Å². The van der Waals surface area contributed by atoms with E-state index in [1.807, 2.05) is 6.07 Å². The number of aliphatic hydroxyl groups is 1. The number of aromatic nitrogens is 1. The number of amides is 1. The van der Waals surface area contributed by atoms with Crippen molar-refractivity contribution in [2.75, 3.05) is 20.2 Å². The molecule has 0 bridgehead atoms. The third kappa shape index (κ3) is 3.80. The van der Waals surface area contributed by atoms with E-state index in [-0.39, 0.29) is 23.7 Å². The highest BCUT2D eigenvalue weighted by Gasteiger charge is 2.52. The zero-order valence-corrected chi connectivity index (χ0v) is 19.6. The van der Waals surface area contributed by atoms with Crippen LogP contribution in [0, 0.1) is 23.1 Å². The predicted octanol–water partition coefficient (Wildman–Crippen LogP) is 5.22. The number of benzene rings is 1. The number of carbonyl (C=O) groups excluding carboxylic acids is 1. The fourth-order valence-corrected chi connectivity index (χ4v) is 6.92. The summed E-state index contributed by atoms with van der Waals surface area (Å²) in [6.07, 6.45) is 11.4. The zero-order chi connectivity index (χ0) is 23.2. The van der Waals surface area contributed by atoms with Gasteiger partial charge in [0.25, 0.3) is 5.91 Å². The fourth-order valence-electron chi connectivity index (χ4n) is 6.92. The van der Waals surface area contributed by atoms with Gasteiger partial charge in [-0.2, -0.15) is 0 Å². The number of carbonyl (C=O) groups is 1. The van der Waals surface area contributed by atoms with Crippen molar-refractivity contribution in [2.45, 2.75) is 51.4 Å². The van der Waals surface area contributed by atoms with Gasteiger partial charge < -0.3 is 10.0 Å². The van der Waals surface area contributed by atoms with Crippen molar-refractivity contribution < 1.29 is 14.3 Å². The van der Waals surface area contributed by atoms with Crippen molar-refractivity contribution in [3.05, 3.63) is 70.8 Å². The average molecular weight is 449 g/mol. The standard InChI is InChI=1S/C28H33FN2O2/c1-28-11-10-23-22-6-5-19(27(33)31(2)12-3-13-32)14-18(22)4-7-24(23)26(28)9-8-25(28)20-15-21(29)17-30-16-20/h5-6,8,14-17,23-24,26,32H,3-4,7,9-13H2,1-2H3/t23-,24-,26+,28-/m1/s1. The number of allylic oxidation sites excluding steroid dienone is 2. The van der Waals surface area contributed by atoms with Gasteiger partial charge in [-0.1, -0.05) is 19.1 Å². The lowest BCUT2D eigenvalue weighted by atomic mass is 9.54. The molecule has 5 heteroatoms. The number of pyridine rings is 1. The number of hydrogen-bond donors (Lipinski definition) is 1. The SMILES string of the molecule is CN(CCCO)C(=O)c1ccc2c(c1)CC[C@@H]1[C@@H]2CC[C@]2(C)C(c3cncc(F)c3)=CC[C@@H]12. The Kier molecular flexibility index (Phi) is 5.86. The van der Waals surface area contributed by atoms with Crippen LogP contribution in [-0.4, -0.2) is 41.1 Å². The number of hydrogen-bond acceptors (Lipinski definition) is 3. The normalized spacial score (nSPS) is 27.9. The minimum absolute atomic E-state index is 0.0259. The topological polar surface area (TPSA) is 53.4 Å². The van der Waals surface area contributed by atoms with E-state index in [0.29, 0.717) is 30.7 Å². The summed E-state index contributed by atoms with van der Waals surface area (Å²) in [4.78, 5) is 18.6. The van der Waals surface area contributed by atoms with Crippen LogP contribution in [0.3, 0.4) is 0 Å². The van der Waals surface area contributed by atoms with E-state index < -0.39 is 0 Å². The van der Waals surface area contributed by atoms with Crippen molar-refractivity contribution >= 4 is 11.5 Å². The van der Waals surface area contributed by atoms with Crippen molar-refractivity contribution in [3.63, 3.8) is 0 Å². The quantitative estimate of drug-likeness (QED) is 0.682. The molecule has 0 spiro atoms. The Labute approximate surface area is 195 Å². The number of rotatable bonds is 5. The highest BCUT2D eigenvalue weighted by molar-refractivity contribution is 5.94. The largest absolute Gasteiger partial charge is 0.396 e. The minimum atomic E-state index is -0.270. The molecule has 174 valence electrons. The maximum absolute atomic E-state index is 13.9. The van der Waals surface area contributed by atoms with Gasteiger partial charge in [0.15, 0.2) is 0 Å². The van der Waals surface area contributed by atoms with Crippen molar-refractivity contribution in [1.82, 2.24) is 9.88 Å². The van der Waals surface area contributed by atoms with Crippen molar-refractivity contribution in [1.29, 1.82) is 0 Å². The molecule has 0 saturated heterocycles. The highest BCUT2D eigenvalue weighted by atomic mass is 19.1. The molecule has 1 N–H and O–H groups in total. The van der Waals surface area contributed by atoms with Gasteiger partial charge in [0.2, 0.25) is 0 Å². The average Bonchev–Trinajstić information content (AvgIpc) is 3.18. The van der Waals surface area contributed by atoms with Gasteiger partial charge in [-0.3, -0.25) is 9.78 Å². The van der Waals surface area contributed by atoms with Crippen LogP contribution in [0.4, 0.5) is 4.39 Å². The van der Waals surface area contributed by atoms with Crippen LogP contribution in [0.5, 0.6) is 0 Å². The second kappa shape index (κ2) is 8.68. The molecule has 3 aliphatic carbocycles. The van der Waals surface area contributed by atoms with Crippen LogP contribution in [0.25, 0.3) is 5.57 Å². The molecule has 0 radical (unpaired) electrons. The Hall–Kier alpha value is -2.53. The van der Waals surface area contributed by atoms with E-state index in [1.54, 1.807) is 24.2 Å². The summed E-state index contributed by atoms with van der Waals surface area (Å²) in [6.45, 7) is 3.03. The van der Waals surface area contributed by atoms with Crippen LogP contribution in [0.1, 0.15) is 72.0 Å². The summed E-state index contributed by atoms with van der Waals surface area (Å²) in [6, 6.07) is 7.92. The molecule has 5 rings (SSSR count). The second-order valence-electron chi connectivity index (χ2n) is 10.3. The van der Waals surface area contributed by atoms with Gasteiger partial charge in [0.1, 0.15) is 5.82 Å². The first kappa shape index (κ1) is 22.3. The Bertz CT molecular complexity index is 1100. The molecule has 1 heterocycles. The molecule has 1 aromatic carbocycles. The number of nitrogens with zero attached hydrogens (tertiary/aromatic N) is 2. The minimum Gasteiger partial charge on any atom is -0.396 e. The summed E-state index contributed by atoms with van der Waals surface area (Å²) in [7, 11) is 1.80. The van der Waals surface area contributed by atoms with Gasteiger partial charge in [-0.05, 0) is 102 Å². The van der Waals surface area contributed by atoms with Crippen LogP contribution in [-0.2, 0) is 6.42 Å². The first-order chi connectivity index (χ1) is 15.9. The number of aliphatic hydroxyl groups excluding tert-OH is 1. The van der Waals surface area contributed by atoms with Crippen molar-refractivity contribution in [2.24, 2.45) is 17.3 Å². The van der Waals surface area contributed by atoms with Gasteiger partial charge >= 0.3 is 0 Å². The van der Waals surface area contributed by atoms with E-state index in [2.05, 4.69) is 30.1 Å². The Balaban J connectivity index is 1.37. The number of halogens is 1. The summed E-state index contributed by atoms with van der Waals surface area (Å²) in [5.74, 6) is 1.46. The van der Waals surface area contributed by atoms with E-state index >= 15 is 0 Å². The summed E-state index contributed by atoms with van der Waals surface area (Å²) < 4.78 is 13.9. The van der Waals surface area contributed by atoms with Crippen LogP contribution in [0.15, 0.2) is 42.7 Å². The van der Waals surface area contributed by atoms with Crippen LogP contribution < -0.4 is 0 Å². The molecule has 0 unspecified atom stereocenters. The third-order valence-corrected chi connectivity index (χ3v) is 8.57. The molecule has 1 aromatic heterocycles. The second-order valence-corrected chi connectivity index (χ2v) is 10.3. The van der Waals surface area contributed by atoms with E-state index in [0.717, 1.165) is 43.2 Å². The summed E-state index contributed by atoms with van der Waals surface area (Å²) in [5.41, 5.74) is 5.76. The molecule has 4 nitrogen and oxygen atoms in total. The number of fused-ring (bicyclic) bond motifs is 5. The Morgan fingerprint density at radius 1 is 1.27 bits per heavy atom. The molecular weight excluding hydrogens is 415 g/mol. The first-order valence-corrected chi connectivity index (χ1v) is 12.2. The van der Waals surface area contributed by atoms with E-state index in [4.69, 9.17) is 5.11 Å². The summed E-state index contributed by atoms with van der Waals surface area (Å²) in [5, 5.41) is 9.05. The van der Waals surface area contributed by atoms with Gasteiger partial charge in [0.05, 0.1) is 6.20 Å². The van der Waals surface area contributed by atoms with Crippen molar-refractivity contribution in [3.8, 4) is 0 Å². The third-order valence-electron chi connectivity index (χ3n) is 8.57. The number of aryl methyl sites for hydroxylation is 1. The molecule has 1 saturated carbocycles. The fraction of sp³-hybridized carbons (Fsp3) is 0.500. The molecule has 0 aliphatic heterocycles. The van der Waals surface area contributed by atoms with E-state index in [1.165, 1.54) is 22.9 Å². The maximum Gasteiger partial charge on any atom is 0.253 e.